The molecule has 1 rings (SSSR count). The second-order valence-electron chi connectivity index (χ2n) is 3.49. The third kappa shape index (κ3) is 1.75. The Morgan fingerprint density at radius 3 is 2.08 bits per heavy atom. The molecule has 0 aliphatic carbocycles. The molecule has 0 saturated heterocycles. The second-order valence-corrected chi connectivity index (χ2v) is 3.49. The van der Waals surface area contributed by atoms with Gasteiger partial charge in [0.2, 0.25) is 0 Å². The molecule has 0 atom stereocenters. The summed E-state index contributed by atoms with van der Waals surface area (Å²) >= 11 is 0. The standard InChI is InChI=1S/C13H16/c1-6-7-13-8-9(2)10(3)11(4)12(13)5/h8H,1-5H3. The molecule has 68 valence electrons. The van der Waals surface area contributed by atoms with Gasteiger partial charge in [0.05, 0.1) is 0 Å². The molecule has 0 aliphatic heterocycles. The van der Waals surface area contributed by atoms with Crippen LogP contribution in [0.5, 0.6) is 0 Å². The van der Waals surface area contributed by atoms with E-state index in [0.717, 1.165) is 0 Å². The first kappa shape index (κ1) is 9.86. The van der Waals surface area contributed by atoms with Gasteiger partial charge in [0.25, 0.3) is 0 Å². The van der Waals surface area contributed by atoms with Gasteiger partial charge >= 0.3 is 0 Å². The summed E-state index contributed by atoms with van der Waals surface area (Å²) in [5.41, 5.74) is 6.58. The molecule has 0 radical (unpaired) electrons. The van der Waals surface area contributed by atoms with E-state index >= 15 is 0 Å². The van der Waals surface area contributed by atoms with Crippen molar-refractivity contribution >= 4 is 0 Å². The normalized spacial score (nSPS) is 9.31. The largest absolute Gasteiger partial charge is 0.101 e. The first-order chi connectivity index (χ1) is 6.07. The van der Waals surface area contributed by atoms with Crippen molar-refractivity contribution in [1.82, 2.24) is 0 Å². The molecular weight excluding hydrogens is 156 g/mol. The van der Waals surface area contributed by atoms with Crippen LogP contribution in [-0.4, -0.2) is 0 Å². The van der Waals surface area contributed by atoms with Gasteiger partial charge in [-0.05, 0) is 62.9 Å². The van der Waals surface area contributed by atoms with Crippen molar-refractivity contribution in [2.45, 2.75) is 34.6 Å². The maximum atomic E-state index is 3.13. The average Bonchev–Trinajstić information content (AvgIpc) is 2.11. The molecule has 0 bridgehead atoms. The summed E-state index contributed by atoms with van der Waals surface area (Å²) in [6, 6.07) is 2.17. The van der Waals surface area contributed by atoms with Crippen molar-refractivity contribution in [3.63, 3.8) is 0 Å². The van der Waals surface area contributed by atoms with Crippen molar-refractivity contribution in [3.05, 3.63) is 33.9 Å². The van der Waals surface area contributed by atoms with E-state index in [9.17, 15) is 0 Å². The van der Waals surface area contributed by atoms with Gasteiger partial charge in [0.15, 0.2) is 0 Å². The van der Waals surface area contributed by atoms with Crippen LogP contribution in [0.4, 0.5) is 0 Å². The zero-order chi connectivity index (χ0) is 10.0. The van der Waals surface area contributed by atoms with Crippen LogP contribution in [-0.2, 0) is 0 Å². The molecule has 0 unspecified atom stereocenters. The van der Waals surface area contributed by atoms with Gasteiger partial charge in [-0.25, -0.2) is 0 Å². The lowest BCUT2D eigenvalue weighted by molar-refractivity contribution is 1.20. The van der Waals surface area contributed by atoms with E-state index < -0.39 is 0 Å². The Morgan fingerprint density at radius 1 is 0.923 bits per heavy atom. The quantitative estimate of drug-likeness (QED) is 0.527. The van der Waals surface area contributed by atoms with Crippen molar-refractivity contribution in [1.29, 1.82) is 0 Å². The summed E-state index contributed by atoms with van der Waals surface area (Å²) in [5.74, 6) is 6.08. The predicted octanol–water partition coefficient (Wildman–Crippen LogP) is 3.29. The van der Waals surface area contributed by atoms with Gasteiger partial charge in [-0.3, -0.25) is 0 Å². The molecule has 1 aromatic carbocycles. The molecule has 1 aromatic rings. The third-order valence-electron chi connectivity index (χ3n) is 2.74. The fourth-order valence-electron chi connectivity index (χ4n) is 1.48. The number of hydrogen-bond acceptors (Lipinski definition) is 0. The van der Waals surface area contributed by atoms with Crippen molar-refractivity contribution in [3.8, 4) is 11.8 Å². The van der Waals surface area contributed by atoms with E-state index in [0.29, 0.717) is 0 Å². The minimum Gasteiger partial charge on any atom is -0.101 e. The summed E-state index contributed by atoms with van der Waals surface area (Å²) in [6.45, 7) is 10.5. The third-order valence-corrected chi connectivity index (χ3v) is 2.74. The van der Waals surface area contributed by atoms with Crippen molar-refractivity contribution in [2.24, 2.45) is 0 Å². The maximum absolute atomic E-state index is 3.13. The van der Waals surface area contributed by atoms with E-state index in [-0.39, 0.29) is 0 Å². The molecule has 0 N–H and O–H groups in total. The Morgan fingerprint density at radius 2 is 1.54 bits per heavy atom. The fraction of sp³-hybridized carbons (Fsp3) is 0.385. The Labute approximate surface area is 81.0 Å². The SMILES string of the molecule is CC#Cc1cc(C)c(C)c(C)c1C. The molecule has 0 heteroatoms. The van der Waals surface area contributed by atoms with E-state index in [2.05, 4.69) is 45.6 Å². The maximum Gasteiger partial charge on any atom is 0.0279 e. The number of rotatable bonds is 0. The van der Waals surface area contributed by atoms with Crippen LogP contribution >= 0.6 is 0 Å². The van der Waals surface area contributed by atoms with Crippen LogP contribution in [0.25, 0.3) is 0 Å². The smallest absolute Gasteiger partial charge is 0.0279 e. The molecule has 0 aliphatic rings. The van der Waals surface area contributed by atoms with Crippen LogP contribution in [0.3, 0.4) is 0 Å². The Kier molecular flexibility index (Phi) is 2.78. The highest BCUT2D eigenvalue weighted by Gasteiger charge is 2.04. The van der Waals surface area contributed by atoms with Gasteiger partial charge in [-0.2, -0.15) is 0 Å². The Hall–Kier alpha value is -1.22. The molecule has 13 heavy (non-hydrogen) atoms. The molecule has 0 amide bonds. The van der Waals surface area contributed by atoms with Crippen LogP contribution < -0.4 is 0 Å². The molecule has 0 fully saturated rings. The molecular formula is C13H16. The lowest BCUT2D eigenvalue weighted by Gasteiger charge is -2.10. The summed E-state index contributed by atoms with van der Waals surface area (Å²) in [6.07, 6.45) is 0. The topological polar surface area (TPSA) is 0 Å². The summed E-state index contributed by atoms with van der Waals surface area (Å²) in [4.78, 5) is 0. The lowest BCUT2D eigenvalue weighted by atomic mass is 9.95. The number of hydrogen-bond donors (Lipinski definition) is 0. The average molecular weight is 172 g/mol. The molecule has 0 saturated carbocycles. The highest BCUT2D eigenvalue weighted by Crippen LogP contribution is 2.20. The van der Waals surface area contributed by atoms with E-state index in [1.807, 2.05) is 6.92 Å². The van der Waals surface area contributed by atoms with E-state index in [4.69, 9.17) is 0 Å². The zero-order valence-electron chi connectivity index (χ0n) is 9.08. The highest BCUT2D eigenvalue weighted by molar-refractivity contribution is 5.50. The van der Waals surface area contributed by atoms with E-state index in [1.165, 1.54) is 27.8 Å². The van der Waals surface area contributed by atoms with Crippen molar-refractivity contribution in [2.75, 3.05) is 0 Å². The van der Waals surface area contributed by atoms with Crippen LogP contribution in [0.15, 0.2) is 6.07 Å². The summed E-state index contributed by atoms with van der Waals surface area (Å²) in [7, 11) is 0. The highest BCUT2D eigenvalue weighted by atomic mass is 14.1. The van der Waals surface area contributed by atoms with Gasteiger partial charge in [-0.1, -0.05) is 5.92 Å². The van der Waals surface area contributed by atoms with Gasteiger partial charge < -0.3 is 0 Å². The van der Waals surface area contributed by atoms with Gasteiger partial charge in [0, 0.05) is 5.56 Å². The molecule has 0 heterocycles. The van der Waals surface area contributed by atoms with E-state index in [1.54, 1.807) is 0 Å². The number of benzene rings is 1. The Balaban J connectivity index is 3.46. The monoisotopic (exact) mass is 172 g/mol. The molecule has 0 nitrogen and oxygen atoms in total. The van der Waals surface area contributed by atoms with Crippen LogP contribution in [0.2, 0.25) is 0 Å². The lowest BCUT2D eigenvalue weighted by Crippen LogP contribution is -1.94. The summed E-state index contributed by atoms with van der Waals surface area (Å²) < 4.78 is 0. The van der Waals surface area contributed by atoms with Crippen molar-refractivity contribution < 1.29 is 0 Å². The number of aryl methyl sites for hydroxylation is 1. The van der Waals surface area contributed by atoms with Crippen LogP contribution in [0, 0.1) is 39.5 Å². The summed E-state index contributed by atoms with van der Waals surface area (Å²) in [5, 5.41) is 0. The minimum absolute atomic E-state index is 1.17. The molecule has 0 spiro atoms. The second kappa shape index (κ2) is 3.66. The Bertz CT molecular complexity index is 387. The minimum atomic E-state index is 1.17. The predicted molar refractivity (Wildman–Crippen MR) is 57.9 cm³/mol. The van der Waals surface area contributed by atoms with Crippen LogP contribution in [0.1, 0.15) is 34.7 Å². The fourth-order valence-corrected chi connectivity index (χ4v) is 1.48. The first-order valence-corrected chi connectivity index (χ1v) is 4.58. The molecule has 0 aromatic heterocycles. The first-order valence-electron chi connectivity index (χ1n) is 4.58. The zero-order valence-corrected chi connectivity index (χ0v) is 9.08. The van der Waals surface area contributed by atoms with Gasteiger partial charge in [-0.15, -0.1) is 5.92 Å². The van der Waals surface area contributed by atoms with Gasteiger partial charge in [0.1, 0.15) is 0 Å².